The summed E-state index contributed by atoms with van der Waals surface area (Å²) in [7, 11) is 0. The van der Waals surface area contributed by atoms with Crippen LogP contribution in [0.5, 0.6) is 0 Å². The van der Waals surface area contributed by atoms with Crippen molar-refractivity contribution in [1.82, 2.24) is 0 Å². The predicted octanol–water partition coefficient (Wildman–Crippen LogP) is 4.80. The van der Waals surface area contributed by atoms with Crippen LogP contribution in [0.25, 0.3) is 0 Å². The summed E-state index contributed by atoms with van der Waals surface area (Å²) < 4.78 is 13.8. The molecule has 2 nitrogen and oxygen atoms in total. The van der Waals surface area contributed by atoms with Crippen molar-refractivity contribution in [3.63, 3.8) is 0 Å². The maximum atomic E-state index is 13.8. The molecule has 2 aromatic carbocycles. The molecular weight excluding hydrogens is 275 g/mol. The van der Waals surface area contributed by atoms with Crippen molar-refractivity contribution >= 4 is 17.7 Å². The number of halogens is 1. The lowest BCUT2D eigenvalue weighted by molar-refractivity contribution is 0.0696. The van der Waals surface area contributed by atoms with Crippen LogP contribution in [0, 0.1) is 5.82 Å². The zero-order chi connectivity index (χ0) is 14.7. The summed E-state index contributed by atoms with van der Waals surface area (Å²) in [6.45, 7) is 4.24. The Bertz CT molecular complexity index is 621. The van der Waals surface area contributed by atoms with Crippen molar-refractivity contribution in [1.29, 1.82) is 0 Å². The van der Waals surface area contributed by atoms with Crippen LogP contribution < -0.4 is 0 Å². The smallest absolute Gasteiger partial charge is 0.335 e. The highest BCUT2D eigenvalue weighted by molar-refractivity contribution is 7.99. The largest absolute Gasteiger partial charge is 0.478 e. The van der Waals surface area contributed by atoms with E-state index in [4.69, 9.17) is 5.11 Å². The Morgan fingerprint density at radius 1 is 1.15 bits per heavy atom. The average Bonchev–Trinajstić information content (AvgIpc) is 2.41. The molecule has 0 amide bonds. The number of carboxylic acids is 1. The van der Waals surface area contributed by atoms with Gasteiger partial charge in [-0.1, -0.05) is 37.7 Å². The van der Waals surface area contributed by atoms with E-state index < -0.39 is 11.8 Å². The fraction of sp³-hybridized carbons (Fsp3) is 0.188. The summed E-state index contributed by atoms with van der Waals surface area (Å²) in [5, 5.41) is 8.80. The van der Waals surface area contributed by atoms with E-state index in [-0.39, 0.29) is 5.56 Å². The van der Waals surface area contributed by atoms with E-state index in [1.165, 1.54) is 29.5 Å². The second kappa shape index (κ2) is 6.09. The van der Waals surface area contributed by atoms with Gasteiger partial charge in [-0.3, -0.25) is 0 Å². The van der Waals surface area contributed by atoms with Crippen LogP contribution in [0.2, 0.25) is 0 Å². The van der Waals surface area contributed by atoms with Gasteiger partial charge in [-0.15, -0.1) is 0 Å². The molecule has 0 spiro atoms. The van der Waals surface area contributed by atoms with Crippen molar-refractivity contribution in [3.8, 4) is 0 Å². The van der Waals surface area contributed by atoms with Crippen LogP contribution in [0.1, 0.15) is 35.7 Å². The molecule has 0 heterocycles. The first-order valence-electron chi connectivity index (χ1n) is 6.28. The molecule has 0 unspecified atom stereocenters. The van der Waals surface area contributed by atoms with Gasteiger partial charge in [-0.2, -0.15) is 0 Å². The molecule has 4 heteroatoms. The molecule has 104 valence electrons. The van der Waals surface area contributed by atoms with E-state index in [9.17, 15) is 9.18 Å². The van der Waals surface area contributed by atoms with Gasteiger partial charge in [0.2, 0.25) is 0 Å². The first-order valence-corrected chi connectivity index (χ1v) is 7.09. The number of hydrogen-bond donors (Lipinski definition) is 1. The second-order valence-electron chi connectivity index (χ2n) is 4.78. The van der Waals surface area contributed by atoms with Crippen molar-refractivity contribution < 1.29 is 14.3 Å². The summed E-state index contributed by atoms with van der Waals surface area (Å²) >= 11 is 1.29. The van der Waals surface area contributed by atoms with E-state index in [2.05, 4.69) is 13.8 Å². The Morgan fingerprint density at radius 3 is 2.30 bits per heavy atom. The minimum atomic E-state index is -1.12. The molecule has 0 aliphatic heterocycles. The van der Waals surface area contributed by atoms with Gasteiger partial charge in [-0.05, 0) is 41.8 Å². The third-order valence-electron chi connectivity index (χ3n) is 2.95. The monoisotopic (exact) mass is 290 g/mol. The zero-order valence-electron chi connectivity index (χ0n) is 11.3. The average molecular weight is 290 g/mol. The quantitative estimate of drug-likeness (QED) is 0.879. The molecule has 0 radical (unpaired) electrons. The van der Waals surface area contributed by atoms with Gasteiger partial charge in [0.1, 0.15) is 5.82 Å². The number of aromatic carboxylic acids is 1. The standard InChI is InChI=1S/C16H15FO2S/c1-10(2)11-3-6-13(7-4-11)20-15-8-5-12(16(18)19)9-14(15)17/h3-10H,1-2H3,(H,18,19). The van der Waals surface area contributed by atoms with Crippen molar-refractivity contribution in [2.24, 2.45) is 0 Å². The Hall–Kier alpha value is -1.81. The minimum absolute atomic E-state index is 0.0398. The van der Waals surface area contributed by atoms with E-state index in [1.54, 1.807) is 0 Å². The Kier molecular flexibility index (Phi) is 4.45. The normalized spacial score (nSPS) is 10.8. The molecule has 0 fully saturated rings. The summed E-state index contributed by atoms with van der Waals surface area (Å²) in [5.41, 5.74) is 1.19. The molecule has 20 heavy (non-hydrogen) atoms. The Balaban J connectivity index is 2.19. The minimum Gasteiger partial charge on any atom is -0.478 e. The Morgan fingerprint density at radius 2 is 1.80 bits per heavy atom. The van der Waals surface area contributed by atoms with E-state index in [0.29, 0.717) is 10.8 Å². The Labute approximate surface area is 121 Å². The SMILES string of the molecule is CC(C)c1ccc(Sc2ccc(C(=O)O)cc2F)cc1. The van der Waals surface area contributed by atoms with Crippen molar-refractivity contribution in [2.45, 2.75) is 29.6 Å². The van der Waals surface area contributed by atoms with E-state index >= 15 is 0 Å². The van der Waals surface area contributed by atoms with Gasteiger partial charge in [0.25, 0.3) is 0 Å². The zero-order valence-corrected chi connectivity index (χ0v) is 12.1. The van der Waals surface area contributed by atoms with Crippen LogP contribution >= 0.6 is 11.8 Å². The highest BCUT2D eigenvalue weighted by Crippen LogP contribution is 2.31. The van der Waals surface area contributed by atoms with Crippen molar-refractivity contribution in [2.75, 3.05) is 0 Å². The molecule has 0 aromatic heterocycles. The van der Waals surface area contributed by atoms with E-state index in [1.807, 2.05) is 24.3 Å². The summed E-state index contributed by atoms with van der Waals surface area (Å²) in [5.74, 6) is -1.18. The van der Waals surface area contributed by atoms with Gasteiger partial charge in [0.15, 0.2) is 0 Å². The number of hydrogen-bond acceptors (Lipinski definition) is 2. The van der Waals surface area contributed by atoms with Gasteiger partial charge in [0.05, 0.1) is 5.56 Å². The molecule has 2 rings (SSSR count). The third-order valence-corrected chi connectivity index (χ3v) is 4.01. The summed E-state index contributed by atoms with van der Waals surface area (Å²) in [4.78, 5) is 12.1. The lowest BCUT2D eigenvalue weighted by Crippen LogP contribution is -1.97. The van der Waals surface area contributed by atoms with Gasteiger partial charge in [-0.25, -0.2) is 9.18 Å². The van der Waals surface area contributed by atoms with Gasteiger partial charge < -0.3 is 5.11 Å². The summed E-state index contributed by atoms with van der Waals surface area (Å²) in [6.07, 6.45) is 0. The molecule has 0 bridgehead atoms. The molecule has 2 aromatic rings. The van der Waals surface area contributed by atoms with Gasteiger partial charge in [0, 0.05) is 9.79 Å². The van der Waals surface area contributed by atoms with E-state index in [0.717, 1.165) is 11.0 Å². The van der Waals surface area contributed by atoms with Crippen LogP contribution in [-0.4, -0.2) is 11.1 Å². The second-order valence-corrected chi connectivity index (χ2v) is 5.89. The lowest BCUT2D eigenvalue weighted by atomic mass is 10.0. The highest BCUT2D eigenvalue weighted by Gasteiger charge is 2.09. The number of carbonyl (C=O) groups is 1. The molecule has 0 atom stereocenters. The lowest BCUT2D eigenvalue weighted by Gasteiger charge is -2.07. The molecule has 0 aliphatic carbocycles. The number of benzene rings is 2. The topological polar surface area (TPSA) is 37.3 Å². The fourth-order valence-corrected chi connectivity index (χ4v) is 2.58. The summed E-state index contributed by atoms with van der Waals surface area (Å²) in [6, 6.07) is 11.9. The maximum absolute atomic E-state index is 13.8. The van der Waals surface area contributed by atoms with Crippen LogP contribution in [0.3, 0.4) is 0 Å². The van der Waals surface area contributed by atoms with Crippen LogP contribution in [0.4, 0.5) is 4.39 Å². The molecule has 0 aliphatic rings. The third kappa shape index (κ3) is 3.39. The molecular formula is C16H15FO2S. The highest BCUT2D eigenvalue weighted by atomic mass is 32.2. The van der Waals surface area contributed by atoms with Crippen LogP contribution in [-0.2, 0) is 0 Å². The predicted molar refractivity (Wildman–Crippen MR) is 78.0 cm³/mol. The molecule has 1 N–H and O–H groups in total. The fourth-order valence-electron chi connectivity index (χ4n) is 1.76. The first kappa shape index (κ1) is 14.6. The number of carboxylic acid groups (broad SMARTS) is 1. The van der Waals surface area contributed by atoms with Crippen molar-refractivity contribution in [3.05, 3.63) is 59.4 Å². The maximum Gasteiger partial charge on any atom is 0.335 e. The first-order chi connectivity index (χ1) is 9.47. The molecule has 0 saturated heterocycles. The van der Waals surface area contributed by atoms with Crippen LogP contribution in [0.15, 0.2) is 52.3 Å². The molecule has 0 saturated carbocycles. The van der Waals surface area contributed by atoms with Gasteiger partial charge >= 0.3 is 5.97 Å². The number of rotatable bonds is 4.